The number of nitrogens with zero attached hydrogens (tertiary/aromatic N) is 1. The highest BCUT2D eigenvalue weighted by Gasteiger charge is 2.52. The van der Waals surface area contributed by atoms with E-state index < -0.39 is 17.9 Å². The highest BCUT2D eigenvalue weighted by atomic mass is 16.3. The van der Waals surface area contributed by atoms with E-state index in [0.717, 1.165) is 11.4 Å². The smallest absolute Gasteiger partial charge is 0.338 e. The second-order valence-corrected chi connectivity index (χ2v) is 6.47. The molecule has 0 bridgehead atoms. The highest BCUT2D eigenvalue weighted by molar-refractivity contribution is 5.91. The zero-order valence-corrected chi connectivity index (χ0v) is 14.1. The van der Waals surface area contributed by atoms with E-state index in [9.17, 15) is 14.7 Å². The number of allylic oxidation sites excluding steroid dienone is 3. The van der Waals surface area contributed by atoms with Gasteiger partial charge < -0.3 is 10.4 Å². The zero-order chi connectivity index (χ0) is 17.2. The van der Waals surface area contributed by atoms with Crippen molar-refractivity contribution in [2.75, 3.05) is 0 Å². The fourth-order valence-corrected chi connectivity index (χ4v) is 2.96. The van der Waals surface area contributed by atoms with Crippen LogP contribution in [-0.4, -0.2) is 33.9 Å². The predicted octanol–water partition coefficient (Wildman–Crippen LogP) is 1.19. The van der Waals surface area contributed by atoms with E-state index in [0.29, 0.717) is 18.0 Å². The Kier molecular flexibility index (Phi) is 5.11. The van der Waals surface area contributed by atoms with E-state index in [1.807, 2.05) is 39.0 Å². The van der Waals surface area contributed by atoms with Crippen molar-refractivity contribution in [1.82, 2.24) is 21.1 Å². The summed E-state index contributed by atoms with van der Waals surface area (Å²) in [6.45, 7) is 7.78. The number of aliphatic hydroxyl groups excluding tert-OH is 1. The van der Waals surface area contributed by atoms with Crippen molar-refractivity contribution in [3.05, 3.63) is 23.9 Å². The Morgan fingerprint density at radius 3 is 2.74 bits per heavy atom. The Hall–Kier alpha value is -1.86. The van der Waals surface area contributed by atoms with Crippen molar-refractivity contribution in [2.45, 2.75) is 52.4 Å². The van der Waals surface area contributed by atoms with Gasteiger partial charge in [0.25, 0.3) is 5.91 Å². The number of carbonyl (C=O) groups is 2. The number of hydrogen-bond acceptors (Lipinski definition) is 4. The van der Waals surface area contributed by atoms with Crippen LogP contribution in [0.1, 0.15) is 40.5 Å². The largest absolute Gasteiger partial charge is 0.359 e. The summed E-state index contributed by atoms with van der Waals surface area (Å²) in [4.78, 5) is 24.7. The summed E-state index contributed by atoms with van der Waals surface area (Å²) in [6, 6.07) is -0.555. The summed E-state index contributed by atoms with van der Waals surface area (Å²) in [7, 11) is 0. The number of carbonyl (C=O) groups excluding carboxylic acids is 2. The summed E-state index contributed by atoms with van der Waals surface area (Å²) < 4.78 is 0. The third kappa shape index (κ3) is 3.40. The average molecular weight is 322 g/mol. The van der Waals surface area contributed by atoms with Crippen LogP contribution >= 0.6 is 0 Å². The van der Waals surface area contributed by atoms with Gasteiger partial charge in [-0.3, -0.25) is 10.1 Å². The van der Waals surface area contributed by atoms with Crippen molar-refractivity contribution >= 4 is 11.9 Å². The number of urea groups is 1. The number of hydrazine groups is 1. The fourth-order valence-electron chi connectivity index (χ4n) is 2.96. The van der Waals surface area contributed by atoms with Gasteiger partial charge in [0.05, 0.1) is 0 Å². The van der Waals surface area contributed by atoms with Crippen molar-refractivity contribution in [1.29, 1.82) is 0 Å². The molecule has 0 aromatic rings. The quantitative estimate of drug-likeness (QED) is 0.625. The van der Waals surface area contributed by atoms with E-state index in [-0.39, 0.29) is 11.8 Å². The standard InChI is InChI=1S/C16H26N4O3/c1-5-16(10(2)3)13(21)20(15(23)18-16)19-14(22)17-12-8-6-11(4)7-9-12/h6,8-11,15,18,23H,5,7H2,1-4H3,(H2,17,19,22). The third-order valence-corrected chi connectivity index (χ3v) is 4.57. The molecule has 3 atom stereocenters. The second kappa shape index (κ2) is 6.72. The first-order valence-corrected chi connectivity index (χ1v) is 8.05. The first-order chi connectivity index (χ1) is 10.8. The van der Waals surface area contributed by atoms with Gasteiger partial charge in [-0.2, -0.15) is 0 Å². The van der Waals surface area contributed by atoms with Gasteiger partial charge in [0.15, 0.2) is 0 Å². The van der Waals surface area contributed by atoms with Crippen LogP contribution in [0.2, 0.25) is 0 Å². The van der Waals surface area contributed by atoms with Crippen molar-refractivity contribution in [3.63, 3.8) is 0 Å². The maximum Gasteiger partial charge on any atom is 0.338 e. The second-order valence-electron chi connectivity index (χ2n) is 6.47. The Morgan fingerprint density at radius 1 is 1.57 bits per heavy atom. The van der Waals surface area contributed by atoms with Gasteiger partial charge in [-0.15, -0.1) is 0 Å². The van der Waals surface area contributed by atoms with Crippen LogP contribution in [-0.2, 0) is 4.79 Å². The maximum atomic E-state index is 12.6. The van der Waals surface area contributed by atoms with Crippen LogP contribution in [0, 0.1) is 11.8 Å². The van der Waals surface area contributed by atoms with E-state index in [4.69, 9.17) is 0 Å². The fraction of sp³-hybridized carbons (Fsp3) is 0.625. The van der Waals surface area contributed by atoms with Crippen LogP contribution < -0.4 is 16.1 Å². The normalized spacial score (nSPS) is 30.6. The molecule has 1 aliphatic carbocycles. The lowest BCUT2D eigenvalue weighted by Crippen LogP contribution is -2.54. The van der Waals surface area contributed by atoms with Gasteiger partial charge in [-0.25, -0.2) is 15.2 Å². The molecule has 2 rings (SSSR count). The molecule has 4 N–H and O–H groups in total. The topological polar surface area (TPSA) is 93.7 Å². The molecule has 1 saturated heterocycles. The van der Waals surface area contributed by atoms with Gasteiger partial charge in [0, 0.05) is 5.70 Å². The summed E-state index contributed by atoms with van der Waals surface area (Å²) in [5.41, 5.74) is 2.24. The van der Waals surface area contributed by atoms with Crippen molar-refractivity contribution < 1.29 is 14.7 Å². The van der Waals surface area contributed by atoms with Crippen LogP contribution in [0.3, 0.4) is 0 Å². The summed E-state index contributed by atoms with van der Waals surface area (Å²) in [5, 5.41) is 16.6. The minimum atomic E-state index is -1.24. The molecule has 1 aliphatic heterocycles. The lowest BCUT2D eigenvalue weighted by atomic mass is 9.84. The number of rotatable bonds is 4. The first-order valence-electron chi connectivity index (χ1n) is 8.05. The molecule has 23 heavy (non-hydrogen) atoms. The first kappa shape index (κ1) is 17.5. The Bertz CT molecular complexity index is 543. The highest BCUT2D eigenvalue weighted by Crippen LogP contribution is 2.29. The van der Waals surface area contributed by atoms with Crippen LogP contribution in [0.5, 0.6) is 0 Å². The lowest BCUT2D eigenvalue weighted by Gasteiger charge is -2.29. The number of amides is 3. The summed E-state index contributed by atoms with van der Waals surface area (Å²) in [6.07, 6.45) is 5.89. The van der Waals surface area contributed by atoms with Crippen LogP contribution in [0.25, 0.3) is 0 Å². The molecule has 0 saturated carbocycles. The molecule has 2 aliphatic rings. The predicted molar refractivity (Wildman–Crippen MR) is 86.5 cm³/mol. The minimum Gasteiger partial charge on any atom is -0.359 e. The van der Waals surface area contributed by atoms with E-state index in [1.54, 1.807) is 0 Å². The Balaban J connectivity index is 2.01. The monoisotopic (exact) mass is 322 g/mol. The summed E-state index contributed by atoms with van der Waals surface area (Å²) >= 11 is 0. The van der Waals surface area contributed by atoms with E-state index in [1.165, 1.54) is 0 Å². The molecule has 1 fully saturated rings. The Morgan fingerprint density at radius 2 is 2.26 bits per heavy atom. The van der Waals surface area contributed by atoms with E-state index in [2.05, 4.69) is 23.0 Å². The van der Waals surface area contributed by atoms with Crippen LogP contribution in [0.4, 0.5) is 4.79 Å². The minimum absolute atomic E-state index is 0.0185. The van der Waals surface area contributed by atoms with Crippen molar-refractivity contribution in [2.24, 2.45) is 11.8 Å². The number of nitrogens with one attached hydrogen (secondary N) is 3. The molecular formula is C16H26N4O3. The lowest BCUT2D eigenvalue weighted by molar-refractivity contribution is -0.140. The average Bonchev–Trinajstić information content (AvgIpc) is 2.74. The maximum absolute atomic E-state index is 12.6. The molecule has 3 amide bonds. The van der Waals surface area contributed by atoms with Gasteiger partial charge >= 0.3 is 6.03 Å². The SMILES string of the molecule is CCC1(C(C)C)NC(O)N(NC(=O)NC2=CCC(C)C=C2)C1=O. The van der Waals surface area contributed by atoms with Gasteiger partial charge in [0.1, 0.15) is 5.54 Å². The molecule has 0 aromatic heterocycles. The molecular weight excluding hydrogens is 296 g/mol. The molecule has 0 radical (unpaired) electrons. The molecule has 0 aromatic carbocycles. The van der Waals surface area contributed by atoms with Crippen molar-refractivity contribution in [3.8, 4) is 0 Å². The molecule has 0 spiro atoms. The van der Waals surface area contributed by atoms with Gasteiger partial charge in [0.2, 0.25) is 6.35 Å². The third-order valence-electron chi connectivity index (χ3n) is 4.57. The molecule has 128 valence electrons. The molecule has 7 nitrogen and oxygen atoms in total. The molecule has 7 heteroatoms. The zero-order valence-electron chi connectivity index (χ0n) is 14.1. The number of hydrogen-bond donors (Lipinski definition) is 4. The van der Waals surface area contributed by atoms with Gasteiger partial charge in [-0.05, 0) is 30.8 Å². The van der Waals surface area contributed by atoms with Gasteiger partial charge in [-0.1, -0.05) is 39.8 Å². The summed E-state index contributed by atoms with van der Waals surface area (Å²) in [5.74, 6) is 0.0976. The molecule has 1 heterocycles. The number of aliphatic hydroxyl groups is 1. The Labute approximate surface area is 136 Å². The van der Waals surface area contributed by atoms with Crippen LogP contribution in [0.15, 0.2) is 23.9 Å². The molecule has 3 unspecified atom stereocenters. The van der Waals surface area contributed by atoms with E-state index >= 15 is 0 Å².